The van der Waals surface area contributed by atoms with Crippen molar-refractivity contribution in [1.29, 1.82) is 0 Å². The van der Waals surface area contributed by atoms with Gasteiger partial charge in [-0.3, -0.25) is 4.79 Å². The van der Waals surface area contributed by atoms with Crippen LogP contribution in [-0.2, 0) is 0 Å². The molecule has 24 heavy (non-hydrogen) atoms. The number of fused-ring (bicyclic) bond motifs is 1. The fourth-order valence-corrected chi connectivity index (χ4v) is 3.00. The molecule has 0 fully saturated rings. The van der Waals surface area contributed by atoms with Gasteiger partial charge in [0, 0.05) is 23.6 Å². The van der Waals surface area contributed by atoms with Crippen LogP contribution in [-0.4, -0.2) is 23.6 Å². The number of aryl methyl sites for hydroxylation is 1. The minimum Gasteiger partial charge on any atom is -0.490 e. The average molecular weight is 318 g/mol. The number of carbonyl (C=O) groups is 1. The van der Waals surface area contributed by atoms with E-state index in [1.807, 2.05) is 78.5 Å². The van der Waals surface area contributed by atoms with Gasteiger partial charge in [-0.25, -0.2) is 0 Å². The van der Waals surface area contributed by atoms with Gasteiger partial charge < -0.3 is 14.2 Å². The number of amides is 1. The number of benzene rings is 2. The number of ether oxygens (including phenoxy) is 1. The molecule has 0 unspecified atom stereocenters. The Morgan fingerprint density at radius 2 is 1.88 bits per heavy atom. The van der Waals surface area contributed by atoms with Crippen molar-refractivity contribution in [2.45, 2.75) is 6.92 Å². The van der Waals surface area contributed by atoms with E-state index >= 15 is 0 Å². The summed E-state index contributed by atoms with van der Waals surface area (Å²) in [7, 11) is 0. The smallest absolute Gasteiger partial charge is 0.258 e. The second-order valence-electron chi connectivity index (χ2n) is 5.92. The van der Waals surface area contributed by atoms with Crippen molar-refractivity contribution in [1.82, 2.24) is 4.57 Å². The van der Waals surface area contributed by atoms with Gasteiger partial charge in [-0.15, -0.1) is 0 Å². The van der Waals surface area contributed by atoms with Crippen LogP contribution in [0.3, 0.4) is 0 Å². The van der Waals surface area contributed by atoms with Crippen molar-refractivity contribution in [3.05, 3.63) is 78.1 Å². The van der Waals surface area contributed by atoms with Gasteiger partial charge in [0.2, 0.25) is 0 Å². The van der Waals surface area contributed by atoms with Gasteiger partial charge in [0.05, 0.1) is 12.2 Å². The lowest BCUT2D eigenvalue weighted by molar-refractivity contribution is 0.0976. The fraction of sp³-hybridized carbons (Fsp3) is 0.150. The molecule has 2 heterocycles. The van der Waals surface area contributed by atoms with Crippen molar-refractivity contribution in [2.75, 3.05) is 18.1 Å². The standard InChI is InChI=1S/C20H18N2O2/c1-15-7-8-18-19(13-15)24-12-11-22(18)20(23)16-5-4-6-17(14-16)21-9-2-3-10-21/h2-10,13-14H,11-12H2,1H3. The molecule has 120 valence electrons. The van der Waals surface area contributed by atoms with Crippen molar-refractivity contribution in [2.24, 2.45) is 0 Å². The predicted octanol–water partition coefficient (Wildman–Crippen LogP) is 3.82. The van der Waals surface area contributed by atoms with Crippen molar-refractivity contribution < 1.29 is 9.53 Å². The van der Waals surface area contributed by atoms with Crippen LogP contribution in [0.15, 0.2) is 67.0 Å². The molecule has 0 atom stereocenters. The first-order valence-corrected chi connectivity index (χ1v) is 8.01. The van der Waals surface area contributed by atoms with Gasteiger partial charge in [-0.05, 0) is 55.0 Å². The van der Waals surface area contributed by atoms with Gasteiger partial charge in [0.15, 0.2) is 0 Å². The third kappa shape index (κ3) is 2.56. The third-order valence-corrected chi connectivity index (χ3v) is 4.22. The van der Waals surface area contributed by atoms with Crippen molar-refractivity contribution in [3.63, 3.8) is 0 Å². The van der Waals surface area contributed by atoms with E-state index in [-0.39, 0.29) is 5.91 Å². The highest BCUT2D eigenvalue weighted by Gasteiger charge is 2.24. The monoisotopic (exact) mass is 318 g/mol. The van der Waals surface area contributed by atoms with Crippen molar-refractivity contribution >= 4 is 11.6 Å². The molecular weight excluding hydrogens is 300 g/mol. The maximum absolute atomic E-state index is 13.0. The maximum atomic E-state index is 13.0. The maximum Gasteiger partial charge on any atom is 0.258 e. The number of hydrogen-bond donors (Lipinski definition) is 0. The molecule has 1 amide bonds. The summed E-state index contributed by atoms with van der Waals surface area (Å²) in [6.45, 7) is 3.09. The Morgan fingerprint density at radius 1 is 1.04 bits per heavy atom. The second kappa shape index (κ2) is 5.89. The highest BCUT2D eigenvalue weighted by atomic mass is 16.5. The minimum atomic E-state index is -0.00240. The zero-order valence-corrected chi connectivity index (χ0v) is 13.5. The molecule has 4 nitrogen and oxygen atoms in total. The Labute approximate surface area is 140 Å². The van der Waals surface area contributed by atoms with Crippen LogP contribution < -0.4 is 9.64 Å². The summed E-state index contributed by atoms with van der Waals surface area (Å²) >= 11 is 0. The zero-order valence-electron chi connectivity index (χ0n) is 13.5. The number of hydrogen-bond acceptors (Lipinski definition) is 2. The Kier molecular flexibility index (Phi) is 3.58. The van der Waals surface area contributed by atoms with Crippen molar-refractivity contribution in [3.8, 4) is 11.4 Å². The number of aromatic nitrogens is 1. The number of carbonyl (C=O) groups excluding carboxylic acids is 1. The Morgan fingerprint density at radius 3 is 2.71 bits per heavy atom. The summed E-state index contributed by atoms with van der Waals surface area (Å²) in [5.74, 6) is 0.772. The summed E-state index contributed by atoms with van der Waals surface area (Å²) in [6, 6.07) is 17.6. The van der Waals surface area contributed by atoms with Crippen LogP contribution in [0.2, 0.25) is 0 Å². The van der Waals surface area contributed by atoms with Gasteiger partial charge in [0.1, 0.15) is 12.4 Å². The fourth-order valence-electron chi connectivity index (χ4n) is 3.00. The Bertz CT molecular complexity index is 884. The lowest BCUT2D eigenvalue weighted by Gasteiger charge is -2.30. The van der Waals surface area contributed by atoms with Crippen LogP contribution in [0.4, 0.5) is 5.69 Å². The molecule has 0 bridgehead atoms. The molecule has 1 aliphatic heterocycles. The van der Waals surface area contributed by atoms with E-state index in [4.69, 9.17) is 4.74 Å². The van der Waals surface area contributed by atoms with Crippen LogP contribution in [0, 0.1) is 6.92 Å². The van der Waals surface area contributed by atoms with Crippen LogP contribution in [0.25, 0.3) is 5.69 Å². The molecule has 1 aromatic heterocycles. The van der Waals surface area contributed by atoms with E-state index in [0.717, 1.165) is 22.7 Å². The number of anilines is 1. The molecule has 4 rings (SSSR count). The van der Waals surface area contributed by atoms with Gasteiger partial charge >= 0.3 is 0 Å². The molecule has 0 saturated carbocycles. The van der Waals surface area contributed by atoms with E-state index in [9.17, 15) is 4.79 Å². The summed E-state index contributed by atoms with van der Waals surface area (Å²) < 4.78 is 7.70. The highest BCUT2D eigenvalue weighted by Crippen LogP contribution is 2.33. The van der Waals surface area contributed by atoms with E-state index in [1.165, 1.54) is 0 Å². The summed E-state index contributed by atoms with van der Waals surface area (Å²) in [5, 5.41) is 0. The van der Waals surface area contributed by atoms with E-state index in [2.05, 4.69) is 0 Å². The molecule has 1 aliphatic rings. The lowest BCUT2D eigenvalue weighted by Crippen LogP contribution is -2.38. The molecule has 0 spiro atoms. The molecule has 0 radical (unpaired) electrons. The molecule has 0 aliphatic carbocycles. The van der Waals surface area contributed by atoms with Gasteiger partial charge in [-0.1, -0.05) is 12.1 Å². The highest BCUT2D eigenvalue weighted by molar-refractivity contribution is 6.07. The quantitative estimate of drug-likeness (QED) is 0.720. The van der Waals surface area contributed by atoms with E-state index in [1.54, 1.807) is 4.90 Å². The first kappa shape index (κ1) is 14.6. The van der Waals surface area contributed by atoms with Gasteiger partial charge in [0.25, 0.3) is 5.91 Å². The molecule has 0 N–H and O–H groups in total. The lowest BCUT2D eigenvalue weighted by atomic mass is 10.1. The first-order valence-electron chi connectivity index (χ1n) is 8.01. The predicted molar refractivity (Wildman–Crippen MR) is 94.1 cm³/mol. The Hall–Kier alpha value is -3.01. The van der Waals surface area contributed by atoms with Crippen LogP contribution >= 0.6 is 0 Å². The van der Waals surface area contributed by atoms with E-state index in [0.29, 0.717) is 18.7 Å². The largest absolute Gasteiger partial charge is 0.490 e. The molecular formula is C20H18N2O2. The molecule has 3 aromatic rings. The summed E-state index contributed by atoms with van der Waals surface area (Å²) in [4.78, 5) is 14.8. The summed E-state index contributed by atoms with van der Waals surface area (Å²) in [5.41, 5.74) is 3.61. The number of nitrogens with zero attached hydrogens (tertiary/aromatic N) is 2. The topological polar surface area (TPSA) is 34.5 Å². The second-order valence-corrected chi connectivity index (χ2v) is 5.92. The minimum absolute atomic E-state index is 0.00240. The normalized spacial score (nSPS) is 13.3. The molecule has 0 saturated heterocycles. The van der Waals surface area contributed by atoms with Gasteiger partial charge in [-0.2, -0.15) is 0 Å². The third-order valence-electron chi connectivity index (χ3n) is 4.22. The molecule has 4 heteroatoms. The molecule has 2 aromatic carbocycles. The zero-order chi connectivity index (χ0) is 16.5. The van der Waals surface area contributed by atoms with E-state index < -0.39 is 0 Å². The number of rotatable bonds is 2. The van der Waals surface area contributed by atoms with Crippen LogP contribution in [0.1, 0.15) is 15.9 Å². The average Bonchev–Trinajstić information content (AvgIpc) is 3.15. The summed E-state index contributed by atoms with van der Waals surface area (Å²) in [6.07, 6.45) is 3.94. The Balaban J connectivity index is 1.69. The van der Waals surface area contributed by atoms with Crippen LogP contribution in [0.5, 0.6) is 5.75 Å². The SMILES string of the molecule is Cc1ccc2c(c1)OCCN2C(=O)c1cccc(-n2cccc2)c1. The first-order chi connectivity index (χ1) is 11.7.